The van der Waals surface area contributed by atoms with Crippen LogP contribution < -0.4 is 0 Å². The lowest BCUT2D eigenvalue weighted by Crippen LogP contribution is -2.29. The molecule has 0 radical (unpaired) electrons. The molecule has 2 aliphatic rings. The molecule has 16 heavy (non-hydrogen) atoms. The molecule has 1 nitrogen and oxygen atoms in total. The van der Waals surface area contributed by atoms with Crippen LogP contribution in [0, 0.1) is 17.3 Å². The molecule has 0 saturated carbocycles. The molecule has 0 aromatic rings. The molecule has 0 aromatic carbocycles. The zero-order chi connectivity index (χ0) is 11.9. The van der Waals surface area contributed by atoms with Crippen molar-refractivity contribution in [3.05, 3.63) is 23.3 Å². The van der Waals surface area contributed by atoms with Gasteiger partial charge in [-0.2, -0.15) is 0 Å². The van der Waals surface area contributed by atoms with E-state index < -0.39 is 0 Å². The summed E-state index contributed by atoms with van der Waals surface area (Å²) in [6.07, 6.45) is 7.58. The van der Waals surface area contributed by atoms with Crippen molar-refractivity contribution < 1.29 is 4.79 Å². The molecule has 0 spiro atoms. The van der Waals surface area contributed by atoms with Crippen LogP contribution in [0.2, 0.25) is 0 Å². The normalized spacial score (nSPS) is 33.6. The van der Waals surface area contributed by atoms with Gasteiger partial charge in [-0.1, -0.05) is 31.6 Å². The summed E-state index contributed by atoms with van der Waals surface area (Å²) in [5.41, 5.74) is 2.80. The fourth-order valence-corrected chi connectivity index (χ4v) is 3.17. The van der Waals surface area contributed by atoms with E-state index in [1.54, 1.807) is 0 Å². The molecule has 0 aromatic heterocycles. The summed E-state index contributed by atoms with van der Waals surface area (Å²) < 4.78 is 0. The topological polar surface area (TPSA) is 17.1 Å². The van der Waals surface area contributed by atoms with E-state index in [0.29, 0.717) is 23.0 Å². The van der Waals surface area contributed by atoms with Crippen LogP contribution >= 0.6 is 0 Å². The zero-order valence-corrected chi connectivity index (χ0v) is 10.8. The molecule has 2 atom stereocenters. The number of ketones is 1. The minimum Gasteiger partial charge on any atom is -0.295 e. The van der Waals surface area contributed by atoms with E-state index in [2.05, 4.69) is 32.9 Å². The quantitative estimate of drug-likeness (QED) is 0.610. The predicted octanol–water partition coefficient (Wildman–Crippen LogP) is 3.90. The van der Waals surface area contributed by atoms with Gasteiger partial charge in [-0.25, -0.2) is 0 Å². The Morgan fingerprint density at radius 1 is 1.31 bits per heavy atom. The minimum absolute atomic E-state index is 0.307. The standard InChI is InChI=1S/C15H22O/c1-10-9-12(6-8-14(10)16)13-7-5-11(2)15(13,3)4/h5,9,12-13H,6-8H2,1-4H3. The number of hydrogen-bond acceptors (Lipinski definition) is 1. The van der Waals surface area contributed by atoms with E-state index in [1.807, 2.05) is 6.92 Å². The van der Waals surface area contributed by atoms with Gasteiger partial charge in [-0.05, 0) is 49.5 Å². The maximum absolute atomic E-state index is 11.5. The highest BCUT2D eigenvalue weighted by Crippen LogP contribution is 2.49. The third-order valence-corrected chi connectivity index (χ3v) is 4.75. The lowest BCUT2D eigenvalue weighted by Gasteiger charge is -2.36. The Balaban J connectivity index is 2.20. The van der Waals surface area contributed by atoms with Gasteiger partial charge < -0.3 is 0 Å². The third kappa shape index (κ3) is 1.77. The Kier molecular flexibility index (Phi) is 2.81. The van der Waals surface area contributed by atoms with E-state index in [4.69, 9.17) is 0 Å². The second kappa shape index (κ2) is 3.87. The molecule has 0 bridgehead atoms. The van der Waals surface area contributed by atoms with Gasteiger partial charge in [0.2, 0.25) is 0 Å². The molecule has 2 aliphatic carbocycles. The molecule has 0 saturated heterocycles. The molecule has 88 valence electrons. The Morgan fingerprint density at radius 3 is 2.50 bits per heavy atom. The van der Waals surface area contributed by atoms with Crippen LogP contribution in [0.5, 0.6) is 0 Å². The van der Waals surface area contributed by atoms with Gasteiger partial charge in [0, 0.05) is 6.42 Å². The van der Waals surface area contributed by atoms with E-state index in [9.17, 15) is 4.79 Å². The summed E-state index contributed by atoms with van der Waals surface area (Å²) in [5, 5.41) is 0. The van der Waals surface area contributed by atoms with Crippen LogP contribution in [-0.4, -0.2) is 5.78 Å². The number of allylic oxidation sites excluding steroid dienone is 4. The van der Waals surface area contributed by atoms with Crippen LogP contribution in [0.3, 0.4) is 0 Å². The molecule has 0 N–H and O–H groups in total. The van der Waals surface area contributed by atoms with E-state index in [0.717, 1.165) is 18.4 Å². The molecule has 0 fully saturated rings. The Hall–Kier alpha value is -0.850. The summed E-state index contributed by atoms with van der Waals surface area (Å²) in [7, 11) is 0. The van der Waals surface area contributed by atoms with Gasteiger partial charge in [0.1, 0.15) is 0 Å². The van der Waals surface area contributed by atoms with Crippen molar-refractivity contribution in [3.8, 4) is 0 Å². The lowest BCUT2D eigenvalue weighted by molar-refractivity contribution is -0.116. The molecule has 1 heteroatoms. The summed E-state index contributed by atoms with van der Waals surface area (Å²) in [4.78, 5) is 11.5. The number of carbonyl (C=O) groups is 1. The number of hydrogen-bond donors (Lipinski definition) is 0. The van der Waals surface area contributed by atoms with Crippen LogP contribution in [0.25, 0.3) is 0 Å². The van der Waals surface area contributed by atoms with Gasteiger partial charge in [-0.3, -0.25) is 4.79 Å². The average Bonchev–Trinajstić information content (AvgIpc) is 2.47. The Bertz CT molecular complexity index is 371. The van der Waals surface area contributed by atoms with Gasteiger partial charge >= 0.3 is 0 Å². The predicted molar refractivity (Wildman–Crippen MR) is 67.1 cm³/mol. The monoisotopic (exact) mass is 218 g/mol. The van der Waals surface area contributed by atoms with E-state index in [1.165, 1.54) is 12.0 Å². The second-order valence-electron chi connectivity index (χ2n) is 5.93. The number of Topliss-reactive ketones (excluding diaryl/α,β-unsaturated/α-hetero) is 1. The highest BCUT2D eigenvalue weighted by Gasteiger charge is 2.39. The fourth-order valence-electron chi connectivity index (χ4n) is 3.17. The van der Waals surface area contributed by atoms with Crippen LogP contribution in [0.1, 0.15) is 47.0 Å². The highest BCUT2D eigenvalue weighted by atomic mass is 16.1. The first-order valence-electron chi connectivity index (χ1n) is 6.32. The average molecular weight is 218 g/mol. The van der Waals surface area contributed by atoms with Gasteiger partial charge in [0.25, 0.3) is 0 Å². The van der Waals surface area contributed by atoms with Crippen molar-refractivity contribution in [2.75, 3.05) is 0 Å². The summed E-state index contributed by atoms with van der Waals surface area (Å²) in [5.74, 6) is 1.63. The molecule has 0 amide bonds. The Labute approximate surface area is 98.6 Å². The van der Waals surface area contributed by atoms with Gasteiger partial charge in [-0.15, -0.1) is 0 Å². The SMILES string of the molecule is CC1=CC(C2CC=C(C)C2(C)C)CCC1=O. The second-order valence-corrected chi connectivity index (χ2v) is 5.93. The van der Waals surface area contributed by atoms with Gasteiger partial charge in [0.05, 0.1) is 0 Å². The third-order valence-electron chi connectivity index (χ3n) is 4.75. The zero-order valence-electron chi connectivity index (χ0n) is 10.8. The van der Waals surface area contributed by atoms with Crippen molar-refractivity contribution in [3.63, 3.8) is 0 Å². The van der Waals surface area contributed by atoms with Crippen molar-refractivity contribution in [1.82, 2.24) is 0 Å². The minimum atomic E-state index is 0.307. The first-order chi connectivity index (χ1) is 7.43. The van der Waals surface area contributed by atoms with Crippen LogP contribution in [-0.2, 0) is 4.79 Å². The first kappa shape index (κ1) is 11.6. The molecule has 0 aliphatic heterocycles. The largest absolute Gasteiger partial charge is 0.295 e. The first-order valence-corrected chi connectivity index (χ1v) is 6.32. The lowest BCUT2D eigenvalue weighted by atomic mass is 9.68. The van der Waals surface area contributed by atoms with Crippen molar-refractivity contribution in [2.45, 2.75) is 47.0 Å². The molecular formula is C15H22O. The summed E-state index contributed by atoms with van der Waals surface area (Å²) in [6.45, 7) is 8.90. The van der Waals surface area contributed by atoms with E-state index in [-0.39, 0.29) is 0 Å². The van der Waals surface area contributed by atoms with Crippen LogP contribution in [0.15, 0.2) is 23.3 Å². The van der Waals surface area contributed by atoms with Crippen molar-refractivity contribution >= 4 is 5.78 Å². The highest BCUT2D eigenvalue weighted by molar-refractivity contribution is 5.95. The molecular weight excluding hydrogens is 196 g/mol. The fraction of sp³-hybridized carbons (Fsp3) is 0.667. The maximum atomic E-state index is 11.5. The van der Waals surface area contributed by atoms with Crippen molar-refractivity contribution in [2.24, 2.45) is 17.3 Å². The molecule has 2 unspecified atom stereocenters. The maximum Gasteiger partial charge on any atom is 0.158 e. The van der Waals surface area contributed by atoms with Gasteiger partial charge in [0.15, 0.2) is 5.78 Å². The van der Waals surface area contributed by atoms with Crippen LogP contribution in [0.4, 0.5) is 0 Å². The summed E-state index contributed by atoms with van der Waals surface area (Å²) >= 11 is 0. The smallest absolute Gasteiger partial charge is 0.158 e. The van der Waals surface area contributed by atoms with E-state index >= 15 is 0 Å². The summed E-state index contributed by atoms with van der Waals surface area (Å²) in [6, 6.07) is 0. The van der Waals surface area contributed by atoms with Crippen molar-refractivity contribution in [1.29, 1.82) is 0 Å². The number of carbonyl (C=O) groups excluding carboxylic acids is 1. The number of rotatable bonds is 1. The molecule has 0 heterocycles. The Morgan fingerprint density at radius 2 is 2.00 bits per heavy atom. The molecule has 2 rings (SSSR count).